The molecule has 3 heterocycles. The molecule has 0 atom stereocenters. The van der Waals surface area contributed by atoms with Crippen molar-refractivity contribution in [2.24, 2.45) is 0 Å². The number of nitrogens with one attached hydrogen (secondary N) is 1. The predicted molar refractivity (Wildman–Crippen MR) is 128 cm³/mol. The van der Waals surface area contributed by atoms with E-state index < -0.39 is 0 Å². The normalized spacial score (nSPS) is 13.2. The van der Waals surface area contributed by atoms with E-state index in [1.165, 1.54) is 22.3 Å². The molecule has 0 saturated carbocycles. The van der Waals surface area contributed by atoms with Crippen molar-refractivity contribution in [3.63, 3.8) is 0 Å². The molecule has 5 rings (SSSR count). The molecule has 2 aromatic heterocycles. The van der Waals surface area contributed by atoms with Crippen molar-refractivity contribution < 1.29 is 4.79 Å². The third-order valence-corrected chi connectivity index (χ3v) is 5.74. The molecule has 0 saturated heterocycles. The molecule has 0 spiro atoms. The van der Waals surface area contributed by atoms with Crippen LogP contribution in [0.5, 0.6) is 0 Å². The number of hydrogen-bond donors (Lipinski definition) is 1. The molecule has 1 amide bonds. The molecule has 4 aromatic rings. The van der Waals surface area contributed by atoms with Gasteiger partial charge in [-0.2, -0.15) is 9.78 Å². The standard InChI is InChI=1S/C26H26N6O/c1-17-12-18(2)28-26(27-17)32-24(13-19(3)30-32)29-25(33)16-31-14-20-8-4-6-10-22(20)23-11-7-5-9-21(23)15-31/h4-13H,14-16H2,1-3H3,(H,29,33). The SMILES string of the molecule is Cc1cc(C)nc(-n2nc(C)cc2NC(=O)CN2Cc3ccccc3-c3ccccc3C2)n1. The molecule has 0 radical (unpaired) electrons. The summed E-state index contributed by atoms with van der Waals surface area (Å²) in [5.41, 5.74) is 7.40. The number of aromatic nitrogens is 4. The molecule has 1 aliphatic heterocycles. The minimum absolute atomic E-state index is 0.0996. The van der Waals surface area contributed by atoms with Gasteiger partial charge in [-0.25, -0.2) is 9.97 Å². The Morgan fingerprint density at radius 1 is 0.848 bits per heavy atom. The molecule has 1 N–H and O–H groups in total. The van der Waals surface area contributed by atoms with E-state index in [1.807, 2.05) is 32.9 Å². The Labute approximate surface area is 193 Å². The maximum atomic E-state index is 13.1. The molecule has 7 heteroatoms. The topological polar surface area (TPSA) is 75.9 Å². The molecule has 0 fully saturated rings. The summed E-state index contributed by atoms with van der Waals surface area (Å²) < 4.78 is 1.60. The van der Waals surface area contributed by atoms with Gasteiger partial charge in [0.25, 0.3) is 5.95 Å². The average Bonchev–Trinajstić information content (AvgIpc) is 3.05. The zero-order valence-electron chi connectivity index (χ0n) is 19.0. The number of amides is 1. The van der Waals surface area contributed by atoms with E-state index >= 15 is 0 Å². The van der Waals surface area contributed by atoms with Crippen LogP contribution in [0.1, 0.15) is 28.2 Å². The maximum absolute atomic E-state index is 13.1. The Hall–Kier alpha value is -3.84. The van der Waals surface area contributed by atoms with Gasteiger partial charge in [0.1, 0.15) is 5.82 Å². The third kappa shape index (κ3) is 4.40. The van der Waals surface area contributed by atoms with Gasteiger partial charge in [0.15, 0.2) is 0 Å². The highest BCUT2D eigenvalue weighted by atomic mass is 16.2. The first-order chi connectivity index (χ1) is 16.0. The molecule has 0 unspecified atom stereocenters. The van der Waals surface area contributed by atoms with Gasteiger partial charge in [0, 0.05) is 30.5 Å². The predicted octanol–water partition coefficient (Wildman–Crippen LogP) is 4.21. The molecule has 7 nitrogen and oxygen atoms in total. The first-order valence-corrected chi connectivity index (χ1v) is 11.0. The highest BCUT2D eigenvalue weighted by molar-refractivity contribution is 5.91. The van der Waals surface area contributed by atoms with Crippen molar-refractivity contribution in [2.45, 2.75) is 33.9 Å². The molecule has 166 valence electrons. The number of carbonyl (C=O) groups is 1. The van der Waals surface area contributed by atoms with Crippen LogP contribution in [0.15, 0.2) is 60.7 Å². The Morgan fingerprint density at radius 2 is 1.42 bits per heavy atom. The van der Waals surface area contributed by atoms with Crippen molar-refractivity contribution in [1.82, 2.24) is 24.6 Å². The summed E-state index contributed by atoms with van der Waals surface area (Å²) in [6.07, 6.45) is 0. The van der Waals surface area contributed by atoms with Crippen molar-refractivity contribution >= 4 is 11.7 Å². The van der Waals surface area contributed by atoms with Crippen molar-refractivity contribution in [2.75, 3.05) is 11.9 Å². The first kappa shape index (κ1) is 21.0. The molecular formula is C26H26N6O. The van der Waals surface area contributed by atoms with Crippen molar-refractivity contribution in [1.29, 1.82) is 0 Å². The number of nitrogens with zero attached hydrogens (tertiary/aromatic N) is 5. The van der Waals surface area contributed by atoms with Crippen LogP contribution in [-0.2, 0) is 17.9 Å². The lowest BCUT2D eigenvalue weighted by molar-refractivity contribution is -0.117. The Balaban J connectivity index is 1.39. The lowest BCUT2D eigenvalue weighted by Crippen LogP contribution is -2.32. The minimum Gasteiger partial charge on any atom is -0.309 e. The van der Waals surface area contributed by atoms with E-state index in [1.54, 1.807) is 4.68 Å². The maximum Gasteiger partial charge on any atom is 0.252 e. The smallest absolute Gasteiger partial charge is 0.252 e. The quantitative estimate of drug-likeness (QED) is 0.517. The van der Waals surface area contributed by atoms with E-state index in [-0.39, 0.29) is 12.5 Å². The van der Waals surface area contributed by atoms with E-state index in [4.69, 9.17) is 0 Å². The van der Waals surface area contributed by atoms with Gasteiger partial charge in [-0.15, -0.1) is 0 Å². The molecule has 33 heavy (non-hydrogen) atoms. The van der Waals surface area contributed by atoms with Crippen molar-refractivity contribution in [3.05, 3.63) is 88.9 Å². The highest BCUT2D eigenvalue weighted by Crippen LogP contribution is 2.32. The van der Waals surface area contributed by atoms with Gasteiger partial charge in [0.2, 0.25) is 5.91 Å². The second-order valence-electron chi connectivity index (χ2n) is 8.54. The van der Waals surface area contributed by atoms with E-state index in [9.17, 15) is 4.79 Å². The minimum atomic E-state index is -0.0996. The fourth-order valence-electron chi connectivity index (χ4n) is 4.42. The number of fused-ring (bicyclic) bond motifs is 3. The third-order valence-electron chi connectivity index (χ3n) is 5.74. The summed E-state index contributed by atoms with van der Waals surface area (Å²) in [6.45, 7) is 7.40. The van der Waals surface area contributed by atoms with Crippen LogP contribution in [0.2, 0.25) is 0 Å². The van der Waals surface area contributed by atoms with Crippen LogP contribution in [0, 0.1) is 20.8 Å². The van der Waals surface area contributed by atoms with Crippen LogP contribution in [-0.4, -0.2) is 37.1 Å². The number of anilines is 1. The second kappa shape index (κ2) is 8.60. The number of carbonyl (C=O) groups excluding carboxylic acids is 1. The molecule has 1 aliphatic rings. The van der Waals surface area contributed by atoms with Crippen LogP contribution in [0.25, 0.3) is 17.1 Å². The van der Waals surface area contributed by atoms with Gasteiger partial charge < -0.3 is 5.32 Å². The van der Waals surface area contributed by atoms with Gasteiger partial charge in [-0.3, -0.25) is 9.69 Å². The van der Waals surface area contributed by atoms with Crippen LogP contribution in [0.4, 0.5) is 5.82 Å². The summed E-state index contributed by atoms with van der Waals surface area (Å²) in [7, 11) is 0. The summed E-state index contributed by atoms with van der Waals surface area (Å²) in [5, 5.41) is 7.53. The molecule has 0 aliphatic carbocycles. The van der Waals surface area contributed by atoms with Gasteiger partial charge in [-0.05, 0) is 49.1 Å². The fourth-order valence-corrected chi connectivity index (χ4v) is 4.42. The van der Waals surface area contributed by atoms with Crippen molar-refractivity contribution in [3.8, 4) is 17.1 Å². The number of aryl methyl sites for hydroxylation is 3. The Morgan fingerprint density at radius 3 is 2.03 bits per heavy atom. The van der Waals surface area contributed by atoms with Gasteiger partial charge in [0.05, 0.1) is 12.2 Å². The molecule has 0 bridgehead atoms. The highest BCUT2D eigenvalue weighted by Gasteiger charge is 2.21. The Kier molecular flexibility index (Phi) is 5.48. The van der Waals surface area contributed by atoms with Gasteiger partial charge in [-0.1, -0.05) is 48.5 Å². The Bertz CT molecular complexity index is 1270. The second-order valence-corrected chi connectivity index (χ2v) is 8.54. The molecular weight excluding hydrogens is 412 g/mol. The largest absolute Gasteiger partial charge is 0.309 e. The van der Waals surface area contributed by atoms with Crippen LogP contribution < -0.4 is 5.32 Å². The van der Waals surface area contributed by atoms with Gasteiger partial charge >= 0.3 is 0 Å². The number of hydrogen-bond acceptors (Lipinski definition) is 5. The zero-order valence-corrected chi connectivity index (χ0v) is 19.0. The van der Waals surface area contributed by atoms with E-state index in [0.29, 0.717) is 24.9 Å². The molecule has 2 aromatic carbocycles. The van der Waals surface area contributed by atoms with Crippen LogP contribution in [0.3, 0.4) is 0 Å². The van der Waals surface area contributed by atoms with E-state index in [0.717, 1.165) is 17.1 Å². The number of benzene rings is 2. The summed E-state index contributed by atoms with van der Waals surface area (Å²) in [5.74, 6) is 0.920. The van der Waals surface area contributed by atoms with E-state index in [2.05, 4.69) is 73.8 Å². The summed E-state index contributed by atoms with van der Waals surface area (Å²) >= 11 is 0. The van der Waals surface area contributed by atoms with Crippen LogP contribution >= 0.6 is 0 Å². The fraction of sp³-hybridized carbons (Fsp3) is 0.231. The average molecular weight is 439 g/mol. The summed E-state index contributed by atoms with van der Waals surface area (Å²) in [4.78, 5) is 24.3. The summed E-state index contributed by atoms with van der Waals surface area (Å²) in [6, 6.07) is 20.6. The monoisotopic (exact) mass is 438 g/mol. The zero-order chi connectivity index (χ0) is 22.9. The number of rotatable bonds is 4. The first-order valence-electron chi connectivity index (χ1n) is 11.0. The lowest BCUT2D eigenvalue weighted by atomic mass is 9.97. The lowest BCUT2D eigenvalue weighted by Gasteiger charge is -2.20.